The van der Waals surface area contributed by atoms with E-state index in [9.17, 15) is 9.59 Å². The second kappa shape index (κ2) is 6.64. The normalized spacial score (nSPS) is 13.1. The van der Waals surface area contributed by atoms with Crippen LogP contribution in [-0.2, 0) is 9.59 Å². The molecule has 0 saturated heterocycles. The molecule has 0 spiro atoms. The van der Waals surface area contributed by atoms with E-state index in [0.29, 0.717) is 29.9 Å². The van der Waals surface area contributed by atoms with Crippen molar-refractivity contribution >= 4 is 34.6 Å². The molecule has 25 heavy (non-hydrogen) atoms. The van der Waals surface area contributed by atoms with Gasteiger partial charge < -0.3 is 21.7 Å². The van der Waals surface area contributed by atoms with Gasteiger partial charge in [-0.05, 0) is 23.8 Å². The van der Waals surface area contributed by atoms with E-state index in [1.54, 1.807) is 19.2 Å². The van der Waals surface area contributed by atoms with E-state index in [4.69, 9.17) is 11.1 Å². The third-order valence-electron chi connectivity index (χ3n) is 4.11. The Morgan fingerprint density at radius 3 is 2.80 bits per heavy atom. The predicted octanol–water partition coefficient (Wildman–Crippen LogP) is 2.00. The summed E-state index contributed by atoms with van der Waals surface area (Å²) in [5.74, 6) is -0.823. The van der Waals surface area contributed by atoms with Crippen molar-refractivity contribution in [1.29, 1.82) is 5.41 Å². The Hall–Kier alpha value is -3.35. The number of hydrogen-bond donors (Lipinski definition) is 5. The average Bonchev–Trinajstić information content (AvgIpc) is 2.80. The summed E-state index contributed by atoms with van der Waals surface area (Å²) in [6.45, 7) is 0.536. The van der Waals surface area contributed by atoms with Crippen molar-refractivity contribution < 1.29 is 9.59 Å². The number of nitrogens with one attached hydrogen (secondary N) is 4. The summed E-state index contributed by atoms with van der Waals surface area (Å²) in [4.78, 5) is 23.2. The van der Waals surface area contributed by atoms with Crippen LogP contribution < -0.4 is 21.7 Å². The van der Waals surface area contributed by atoms with Gasteiger partial charge in [0.15, 0.2) is 0 Å². The first-order valence-corrected chi connectivity index (χ1v) is 7.89. The Kier molecular flexibility index (Phi) is 4.38. The van der Waals surface area contributed by atoms with Gasteiger partial charge in [-0.3, -0.25) is 15.0 Å². The van der Waals surface area contributed by atoms with E-state index < -0.39 is 5.91 Å². The van der Waals surface area contributed by atoms with Crippen LogP contribution in [0, 0.1) is 5.41 Å². The highest BCUT2D eigenvalue weighted by atomic mass is 16.2. The second-order valence-corrected chi connectivity index (χ2v) is 5.70. The Morgan fingerprint density at radius 1 is 1.28 bits per heavy atom. The quantitative estimate of drug-likeness (QED) is 0.548. The molecule has 0 unspecified atom stereocenters. The largest absolute Gasteiger partial charge is 0.388 e. The van der Waals surface area contributed by atoms with Crippen LogP contribution in [0.25, 0.3) is 11.1 Å². The molecule has 0 bridgehead atoms. The van der Waals surface area contributed by atoms with Gasteiger partial charge in [-0.15, -0.1) is 0 Å². The van der Waals surface area contributed by atoms with Crippen molar-refractivity contribution in [1.82, 2.24) is 0 Å². The molecule has 0 atom stereocenters. The maximum Gasteiger partial charge on any atom is 0.267 e. The number of fused-ring (bicyclic) bond motifs is 1. The van der Waals surface area contributed by atoms with Crippen LogP contribution in [0.5, 0.6) is 0 Å². The van der Waals surface area contributed by atoms with Crippen LogP contribution in [0.2, 0.25) is 0 Å². The number of para-hydroxylation sites is 1. The number of benzene rings is 2. The minimum atomic E-state index is -0.786. The Labute approximate surface area is 145 Å². The SMILES string of the molecule is CNc1ccc(-c2cccc3c2NCCC(=O)N3)cc1C(=N)C(N)=O. The first-order chi connectivity index (χ1) is 12.0. The summed E-state index contributed by atoms with van der Waals surface area (Å²) in [6, 6.07) is 11.1. The molecule has 0 radical (unpaired) electrons. The molecule has 6 N–H and O–H groups in total. The lowest BCUT2D eigenvalue weighted by molar-refractivity contribution is -0.116. The average molecular weight is 337 g/mol. The van der Waals surface area contributed by atoms with Gasteiger partial charge in [0.25, 0.3) is 5.91 Å². The fraction of sp³-hybridized carbons (Fsp3) is 0.167. The number of carbonyl (C=O) groups is 2. The summed E-state index contributed by atoms with van der Waals surface area (Å²) >= 11 is 0. The van der Waals surface area contributed by atoms with Crippen LogP contribution in [0.4, 0.5) is 17.1 Å². The van der Waals surface area contributed by atoms with Crippen LogP contribution >= 0.6 is 0 Å². The highest BCUT2D eigenvalue weighted by Gasteiger charge is 2.18. The molecule has 1 aliphatic rings. The molecule has 1 heterocycles. The van der Waals surface area contributed by atoms with Crippen molar-refractivity contribution in [3.05, 3.63) is 42.0 Å². The fourth-order valence-electron chi connectivity index (χ4n) is 2.87. The summed E-state index contributed by atoms with van der Waals surface area (Å²) in [6.07, 6.45) is 0.393. The molecule has 2 amide bonds. The maximum atomic E-state index is 11.8. The zero-order chi connectivity index (χ0) is 18.0. The van der Waals surface area contributed by atoms with Crippen molar-refractivity contribution in [2.45, 2.75) is 6.42 Å². The number of carbonyl (C=O) groups excluding carboxylic acids is 2. The van der Waals surface area contributed by atoms with E-state index in [0.717, 1.165) is 16.8 Å². The van der Waals surface area contributed by atoms with Gasteiger partial charge in [0, 0.05) is 36.8 Å². The van der Waals surface area contributed by atoms with Gasteiger partial charge >= 0.3 is 0 Å². The molecule has 7 nitrogen and oxygen atoms in total. The van der Waals surface area contributed by atoms with Crippen molar-refractivity contribution in [3.63, 3.8) is 0 Å². The molecular formula is C18H19N5O2. The summed E-state index contributed by atoms with van der Waals surface area (Å²) in [5, 5.41) is 17.1. The standard InChI is InChI=1S/C18H19N5O2/c1-21-13-6-5-10(9-12(13)16(19)18(20)25)11-3-2-4-14-17(11)22-8-7-15(24)23-14/h2-6,9,19,21-22H,7-8H2,1H3,(H2,20,25)(H,23,24). The number of anilines is 3. The second-order valence-electron chi connectivity index (χ2n) is 5.70. The van der Waals surface area contributed by atoms with E-state index in [-0.39, 0.29) is 11.6 Å². The van der Waals surface area contributed by atoms with Gasteiger partial charge in [-0.1, -0.05) is 18.2 Å². The van der Waals surface area contributed by atoms with Crippen molar-refractivity contribution in [2.75, 3.05) is 29.5 Å². The predicted molar refractivity (Wildman–Crippen MR) is 99.2 cm³/mol. The Morgan fingerprint density at radius 2 is 2.08 bits per heavy atom. The summed E-state index contributed by atoms with van der Waals surface area (Å²) in [5.41, 5.74) is 9.33. The maximum absolute atomic E-state index is 11.8. The number of primary amides is 1. The molecule has 0 aliphatic carbocycles. The van der Waals surface area contributed by atoms with Crippen molar-refractivity contribution in [3.8, 4) is 11.1 Å². The zero-order valence-electron chi connectivity index (χ0n) is 13.8. The molecule has 7 heteroatoms. The minimum Gasteiger partial charge on any atom is -0.388 e. The van der Waals surface area contributed by atoms with Crippen LogP contribution in [-0.4, -0.2) is 31.1 Å². The number of amides is 2. The lowest BCUT2D eigenvalue weighted by Gasteiger charge is -2.16. The molecule has 1 aliphatic heterocycles. The van der Waals surface area contributed by atoms with Crippen molar-refractivity contribution in [2.24, 2.45) is 5.73 Å². The molecular weight excluding hydrogens is 318 g/mol. The minimum absolute atomic E-state index is 0.0369. The molecule has 0 saturated carbocycles. The summed E-state index contributed by atoms with van der Waals surface area (Å²) in [7, 11) is 1.72. The van der Waals surface area contributed by atoms with Gasteiger partial charge in [0.05, 0.1) is 11.4 Å². The monoisotopic (exact) mass is 337 g/mol. The topological polar surface area (TPSA) is 120 Å². The highest BCUT2D eigenvalue weighted by Crippen LogP contribution is 2.36. The molecule has 128 valence electrons. The van der Waals surface area contributed by atoms with Gasteiger partial charge in [-0.2, -0.15) is 0 Å². The molecule has 0 fully saturated rings. The molecule has 2 aromatic carbocycles. The molecule has 2 aromatic rings. The zero-order valence-corrected chi connectivity index (χ0v) is 13.8. The number of nitrogens with two attached hydrogens (primary N) is 1. The molecule has 0 aromatic heterocycles. The number of hydrogen-bond acceptors (Lipinski definition) is 5. The van der Waals surface area contributed by atoms with E-state index in [2.05, 4.69) is 16.0 Å². The van der Waals surface area contributed by atoms with Gasteiger partial charge in [0.1, 0.15) is 5.71 Å². The van der Waals surface area contributed by atoms with E-state index in [1.807, 2.05) is 24.3 Å². The van der Waals surface area contributed by atoms with E-state index >= 15 is 0 Å². The Balaban J connectivity index is 2.13. The van der Waals surface area contributed by atoms with E-state index in [1.165, 1.54) is 0 Å². The third-order valence-corrected chi connectivity index (χ3v) is 4.11. The first kappa shape index (κ1) is 16.5. The highest BCUT2D eigenvalue weighted by molar-refractivity contribution is 6.44. The fourth-order valence-corrected chi connectivity index (χ4v) is 2.87. The summed E-state index contributed by atoms with van der Waals surface area (Å²) < 4.78 is 0. The smallest absolute Gasteiger partial charge is 0.267 e. The number of rotatable bonds is 4. The third kappa shape index (κ3) is 3.16. The van der Waals surface area contributed by atoms with Gasteiger partial charge in [-0.25, -0.2) is 0 Å². The van der Waals surface area contributed by atoms with Crippen LogP contribution in [0.3, 0.4) is 0 Å². The first-order valence-electron chi connectivity index (χ1n) is 7.89. The molecule has 3 rings (SSSR count). The van der Waals surface area contributed by atoms with Gasteiger partial charge in [0.2, 0.25) is 5.91 Å². The van der Waals surface area contributed by atoms with Crippen LogP contribution in [0.15, 0.2) is 36.4 Å². The lowest BCUT2D eigenvalue weighted by atomic mass is 9.97. The Bertz CT molecular complexity index is 876. The lowest BCUT2D eigenvalue weighted by Crippen LogP contribution is -2.24. The van der Waals surface area contributed by atoms with Crippen LogP contribution in [0.1, 0.15) is 12.0 Å².